The average molecular weight is 314 g/mol. The second-order valence-electron chi connectivity index (χ2n) is 5.24. The molecule has 7 nitrogen and oxygen atoms in total. The van der Waals surface area contributed by atoms with E-state index < -0.39 is 14.9 Å². The molecule has 21 heavy (non-hydrogen) atoms. The highest BCUT2D eigenvalue weighted by Gasteiger charge is 2.34. The molecule has 0 spiro atoms. The van der Waals surface area contributed by atoms with E-state index in [2.05, 4.69) is 0 Å². The van der Waals surface area contributed by atoms with E-state index in [1.165, 1.54) is 29.4 Å². The van der Waals surface area contributed by atoms with E-state index in [4.69, 9.17) is 4.74 Å². The molecular formula is C13H18N2O5S. The Morgan fingerprint density at radius 1 is 1.29 bits per heavy atom. The third-order valence-corrected chi connectivity index (χ3v) is 5.43. The van der Waals surface area contributed by atoms with Crippen LogP contribution < -0.4 is 0 Å². The quantitative estimate of drug-likeness (QED) is 0.625. The number of benzene rings is 1. The zero-order valence-corrected chi connectivity index (χ0v) is 13.0. The highest BCUT2D eigenvalue weighted by molar-refractivity contribution is 7.89. The maximum absolute atomic E-state index is 12.7. The molecule has 0 amide bonds. The third-order valence-electron chi connectivity index (χ3n) is 3.46. The highest BCUT2D eigenvalue weighted by atomic mass is 32.2. The van der Waals surface area contributed by atoms with Crippen LogP contribution in [-0.2, 0) is 14.8 Å². The minimum atomic E-state index is -3.77. The van der Waals surface area contributed by atoms with Gasteiger partial charge in [-0.1, -0.05) is 6.07 Å². The van der Waals surface area contributed by atoms with Gasteiger partial charge in [0.1, 0.15) is 0 Å². The molecule has 1 aliphatic rings. The van der Waals surface area contributed by atoms with E-state index >= 15 is 0 Å². The molecule has 1 saturated heterocycles. The van der Waals surface area contributed by atoms with Crippen LogP contribution in [0, 0.1) is 17.0 Å². The molecule has 0 saturated carbocycles. The number of morpholine rings is 1. The van der Waals surface area contributed by atoms with Crippen molar-refractivity contribution in [1.29, 1.82) is 0 Å². The number of hydrogen-bond donors (Lipinski definition) is 0. The summed E-state index contributed by atoms with van der Waals surface area (Å²) in [5, 5.41) is 11.0. The molecule has 0 radical (unpaired) electrons. The number of nitro benzene ring substituents is 1. The van der Waals surface area contributed by atoms with Crippen LogP contribution in [0.25, 0.3) is 0 Å². The minimum Gasteiger partial charge on any atom is -0.373 e. The van der Waals surface area contributed by atoms with Gasteiger partial charge in [-0.25, -0.2) is 8.42 Å². The van der Waals surface area contributed by atoms with Crippen molar-refractivity contribution >= 4 is 15.7 Å². The lowest BCUT2D eigenvalue weighted by molar-refractivity contribution is -0.385. The SMILES string of the molecule is Cc1c([N+](=O)[O-])cccc1S(=O)(=O)N1C[C@@H](C)O[C@@H](C)C1. The van der Waals surface area contributed by atoms with Crippen LogP contribution in [0.4, 0.5) is 5.69 Å². The Hall–Kier alpha value is -1.51. The molecule has 1 fully saturated rings. The summed E-state index contributed by atoms with van der Waals surface area (Å²) in [6.07, 6.45) is -0.412. The van der Waals surface area contributed by atoms with Crippen molar-refractivity contribution in [2.45, 2.75) is 37.9 Å². The van der Waals surface area contributed by atoms with Crippen LogP contribution in [0.3, 0.4) is 0 Å². The van der Waals surface area contributed by atoms with Gasteiger partial charge < -0.3 is 4.74 Å². The smallest absolute Gasteiger partial charge is 0.273 e. The molecule has 0 N–H and O–H groups in total. The van der Waals surface area contributed by atoms with Crippen molar-refractivity contribution in [3.63, 3.8) is 0 Å². The maximum atomic E-state index is 12.7. The zero-order chi connectivity index (χ0) is 15.8. The average Bonchev–Trinajstić information content (AvgIpc) is 2.37. The van der Waals surface area contributed by atoms with Gasteiger partial charge in [-0.15, -0.1) is 0 Å². The van der Waals surface area contributed by atoms with Crippen LogP contribution in [0.2, 0.25) is 0 Å². The highest BCUT2D eigenvalue weighted by Crippen LogP contribution is 2.28. The Kier molecular flexibility index (Phi) is 4.31. The van der Waals surface area contributed by atoms with Gasteiger partial charge in [0.15, 0.2) is 0 Å². The molecule has 0 aliphatic carbocycles. The van der Waals surface area contributed by atoms with Gasteiger partial charge in [0.05, 0.1) is 22.0 Å². The Morgan fingerprint density at radius 3 is 2.38 bits per heavy atom. The van der Waals surface area contributed by atoms with Gasteiger partial charge in [0.2, 0.25) is 10.0 Å². The van der Waals surface area contributed by atoms with E-state index in [1.807, 2.05) is 0 Å². The van der Waals surface area contributed by atoms with Gasteiger partial charge in [0.25, 0.3) is 5.69 Å². The lowest BCUT2D eigenvalue weighted by atomic mass is 10.2. The fourth-order valence-electron chi connectivity index (χ4n) is 2.55. The number of nitro groups is 1. The van der Waals surface area contributed by atoms with E-state index in [0.717, 1.165) is 0 Å². The normalized spacial score (nSPS) is 24.0. The largest absolute Gasteiger partial charge is 0.373 e. The summed E-state index contributed by atoms with van der Waals surface area (Å²) >= 11 is 0. The lowest BCUT2D eigenvalue weighted by Gasteiger charge is -2.34. The van der Waals surface area contributed by atoms with Crippen LogP contribution in [0.15, 0.2) is 23.1 Å². The first kappa shape index (κ1) is 15.9. The van der Waals surface area contributed by atoms with E-state index in [-0.39, 0.29) is 41.4 Å². The standard InChI is InChI=1S/C13H18N2O5S/c1-9-7-14(8-10(2)20-9)21(18,19)13-6-4-5-12(11(13)3)15(16)17/h4-6,9-10H,7-8H2,1-3H3/t9-,10+. The third kappa shape index (κ3) is 3.07. The summed E-state index contributed by atoms with van der Waals surface area (Å²) in [6, 6.07) is 4.10. The number of ether oxygens (including phenoxy) is 1. The van der Waals surface area contributed by atoms with Crippen LogP contribution in [0.5, 0.6) is 0 Å². The van der Waals surface area contributed by atoms with E-state index in [1.54, 1.807) is 13.8 Å². The molecule has 1 aromatic rings. The van der Waals surface area contributed by atoms with Gasteiger partial charge in [-0.2, -0.15) is 4.31 Å². The summed E-state index contributed by atoms with van der Waals surface area (Å²) in [6.45, 7) is 5.55. The lowest BCUT2D eigenvalue weighted by Crippen LogP contribution is -2.48. The number of nitrogens with zero attached hydrogens (tertiary/aromatic N) is 2. The summed E-state index contributed by atoms with van der Waals surface area (Å²) in [4.78, 5) is 10.4. The van der Waals surface area contributed by atoms with Crippen molar-refractivity contribution in [2.75, 3.05) is 13.1 Å². The predicted molar refractivity (Wildman–Crippen MR) is 76.6 cm³/mol. The molecule has 8 heteroatoms. The minimum absolute atomic E-state index is 0.0157. The second kappa shape index (κ2) is 5.70. The van der Waals surface area contributed by atoms with E-state index in [9.17, 15) is 18.5 Å². The first-order valence-corrected chi connectivity index (χ1v) is 8.07. The molecule has 0 unspecified atom stereocenters. The van der Waals surface area contributed by atoms with E-state index in [0.29, 0.717) is 0 Å². The first-order valence-electron chi connectivity index (χ1n) is 6.63. The topological polar surface area (TPSA) is 89.8 Å². The van der Waals surface area contributed by atoms with Crippen molar-refractivity contribution in [3.05, 3.63) is 33.9 Å². The molecule has 2 rings (SSSR count). The number of hydrogen-bond acceptors (Lipinski definition) is 5. The summed E-state index contributed by atoms with van der Waals surface area (Å²) < 4.78 is 32.3. The first-order chi connectivity index (χ1) is 9.73. The van der Waals surface area contributed by atoms with Gasteiger partial charge in [-0.05, 0) is 26.8 Å². The van der Waals surface area contributed by atoms with Crippen molar-refractivity contribution < 1.29 is 18.1 Å². The van der Waals surface area contributed by atoms with Crippen molar-refractivity contribution in [2.24, 2.45) is 0 Å². The fourth-order valence-corrected chi connectivity index (χ4v) is 4.38. The van der Waals surface area contributed by atoms with Crippen molar-refractivity contribution in [3.8, 4) is 0 Å². The summed E-state index contributed by atoms with van der Waals surface area (Å²) in [7, 11) is -3.77. The molecule has 0 aromatic heterocycles. The molecule has 2 atom stereocenters. The molecule has 0 bridgehead atoms. The molecule has 116 valence electrons. The summed E-state index contributed by atoms with van der Waals surface area (Å²) in [5.41, 5.74) is -0.0280. The Morgan fingerprint density at radius 2 is 1.86 bits per heavy atom. The Bertz CT molecular complexity index is 649. The number of rotatable bonds is 3. The Balaban J connectivity index is 2.45. The number of sulfonamides is 1. The zero-order valence-electron chi connectivity index (χ0n) is 12.1. The molecule has 1 heterocycles. The predicted octanol–water partition coefficient (Wildman–Crippen LogP) is 1.70. The molecule has 1 aliphatic heterocycles. The Labute approximate surface area is 123 Å². The van der Waals surface area contributed by atoms with Crippen LogP contribution in [-0.4, -0.2) is 42.9 Å². The van der Waals surface area contributed by atoms with Crippen LogP contribution >= 0.6 is 0 Å². The molecular weight excluding hydrogens is 296 g/mol. The second-order valence-corrected chi connectivity index (χ2v) is 7.14. The van der Waals surface area contributed by atoms with Crippen LogP contribution in [0.1, 0.15) is 19.4 Å². The van der Waals surface area contributed by atoms with Crippen molar-refractivity contribution in [1.82, 2.24) is 4.31 Å². The van der Waals surface area contributed by atoms with Gasteiger partial charge >= 0.3 is 0 Å². The van der Waals surface area contributed by atoms with Gasteiger partial charge in [0, 0.05) is 24.7 Å². The summed E-state index contributed by atoms with van der Waals surface area (Å²) in [5.74, 6) is 0. The van der Waals surface area contributed by atoms with Gasteiger partial charge in [-0.3, -0.25) is 10.1 Å². The monoisotopic (exact) mass is 314 g/mol. The fraction of sp³-hybridized carbons (Fsp3) is 0.538. The molecule has 1 aromatic carbocycles. The maximum Gasteiger partial charge on any atom is 0.273 e.